The van der Waals surface area contributed by atoms with E-state index in [1.807, 2.05) is 18.2 Å². The number of nitrogens with one attached hydrogen (secondary N) is 1. The van der Waals surface area contributed by atoms with Gasteiger partial charge in [-0.1, -0.05) is 54.6 Å². The fourth-order valence-corrected chi connectivity index (χ4v) is 6.21. The zero-order valence-corrected chi connectivity index (χ0v) is 21.6. The number of hydrogen-bond donors (Lipinski definition) is 1. The average Bonchev–Trinajstić information content (AvgIpc) is 3.32. The summed E-state index contributed by atoms with van der Waals surface area (Å²) in [5.41, 5.74) is 4.64. The van der Waals surface area contributed by atoms with Gasteiger partial charge in [0.05, 0.1) is 23.1 Å². The van der Waals surface area contributed by atoms with Crippen molar-refractivity contribution in [2.24, 2.45) is 5.92 Å². The molecule has 0 saturated heterocycles. The van der Waals surface area contributed by atoms with Crippen LogP contribution in [-0.4, -0.2) is 43.0 Å². The van der Waals surface area contributed by atoms with Crippen molar-refractivity contribution >= 4 is 28.0 Å². The summed E-state index contributed by atoms with van der Waals surface area (Å²) in [7, 11) is -1.68. The van der Waals surface area contributed by atoms with E-state index < -0.39 is 15.1 Å². The van der Waals surface area contributed by atoms with Crippen molar-refractivity contribution in [2.45, 2.75) is 49.7 Å². The Morgan fingerprint density at radius 1 is 0.972 bits per heavy atom. The van der Waals surface area contributed by atoms with Crippen molar-refractivity contribution in [1.29, 1.82) is 0 Å². The number of aromatic amines is 1. The molecule has 2 aliphatic rings. The molecule has 1 heterocycles. The van der Waals surface area contributed by atoms with Gasteiger partial charge < -0.3 is 9.72 Å². The highest BCUT2D eigenvalue weighted by atomic mass is 32.2. The first-order valence-electron chi connectivity index (χ1n) is 12.5. The minimum atomic E-state index is -3.14. The van der Waals surface area contributed by atoms with Crippen LogP contribution >= 0.6 is 0 Å². The number of ether oxygens (including phenoxy) is 1. The van der Waals surface area contributed by atoms with Gasteiger partial charge in [-0.15, -0.1) is 0 Å². The van der Waals surface area contributed by atoms with Gasteiger partial charge in [-0.05, 0) is 66.7 Å². The molecule has 0 bridgehead atoms. The zero-order valence-electron chi connectivity index (χ0n) is 20.7. The van der Waals surface area contributed by atoms with E-state index in [0.29, 0.717) is 30.0 Å². The topological polar surface area (TPSA) is 89.1 Å². The number of carbonyl (C=O) groups excluding carboxylic acids is 1. The van der Waals surface area contributed by atoms with Gasteiger partial charge in [0.2, 0.25) is 0 Å². The molecule has 1 N–H and O–H groups in total. The van der Waals surface area contributed by atoms with Crippen LogP contribution in [0.2, 0.25) is 0 Å². The number of rotatable bonds is 6. The lowest BCUT2D eigenvalue weighted by atomic mass is 9.77. The molecule has 0 amide bonds. The largest absolute Gasteiger partial charge is 0.469 e. The third-order valence-electron chi connectivity index (χ3n) is 7.61. The monoisotopic (exact) mass is 504 g/mol. The number of aromatic nitrogens is 2. The normalized spacial score (nSPS) is 21.7. The molecular formula is C29H32N2O4S. The maximum absolute atomic E-state index is 11.9. The van der Waals surface area contributed by atoms with Gasteiger partial charge in [0.25, 0.3) is 0 Å². The number of benzene rings is 2. The first kappa shape index (κ1) is 24.5. The van der Waals surface area contributed by atoms with E-state index in [1.165, 1.54) is 24.5 Å². The number of methoxy groups -OCH3 is 1. The fraction of sp³-hybridized carbons (Fsp3) is 0.379. The van der Waals surface area contributed by atoms with E-state index >= 15 is 0 Å². The van der Waals surface area contributed by atoms with Crippen LogP contribution in [0.25, 0.3) is 34.7 Å². The zero-order chi connectivity index (χ0) is 25.3. The summed E-state index contributed by atoms with van der Waals surface area (Å²) in [6.45, 7) is 0. The van der Waals surface area contributed by atoms with E-state index in [-0.39, 0.29) is 5.97 Å². The maximum atomic E-state index is 11.9. The van der Waals surface area contributed by atoms with Crippen LogP contribution < -0.4 is 10.7 Å². The van der Waals surface area contributed by atoms with E-state index in [1.54, 1.807) is 6.08 Å². The summed E-state index contributed by atoms with van der Waals surface area (Å²) in [5, 5.41) is 1.07. The smallest absolute Gasteiger partial charge is 0.305 e. The molecule has 6 nitrogen and oxygen atoms in total. The van der Waals surface area contributed by atoms with E-state index in [4.69, 9.17) is 4.74 Å². The Labute approximate surface area is 212 Å². The van der Waals surface area contributed by atoms with Gasteiger partial charge in [-0.25, -0.2) is 13.4 Å². The summed E-state index contributed by atoms with van der Waals surface area (Å²) >= 11 is 0. The van der Waals surface area contributed by atoms with Crippen molar-refractivity contribution in [2.75, 3.05) is 13.4 Å². The van der Waals surface area contributed by atoms with Gasteiger partial charge >= 0.3 is 5.97 Å². The van der Waals surface area contributed by atoms with Crippen molar-refractivity contribution in [3.05, 3.63) is 64.8 Å². The van der Waals surface area contributed by atoms with Gasteiger partial charge in [0.1, 0.15) is 5.82 Å². The van der Waals surface area contributed by atoms with E-state index in [9.17, 15) is 13.2 Å². The second-order valence-corrected chi connectivity index (χ2v) is 12.3. The Balaban J connectivity index is 1.26. The predicted octanol–water partition coefficient (Wildman–Crippen LogP) is 3.96. The van der Waals surface area contributed by atoms with Crippen LogP contribution in [-0.2, 0) is 19.4 Å². The minimum absolute atomic E-state index is 0.0993. The van der Waals surface area contributed by atoms with Crippen LogP contribution in [0, 0.1) is 5.92 Å². The Morgan fingerprint density at radius 2 is 1.58 bits per heavy atom. The number of H-pyrrole nitrogens is 1. The Hall–Kier alpha value is -3.19. The lowest BCUT2D eigenvalue weighted by molar-refractivity contribution is -0.142. The van der Waals surface area contributed by atoms with Crippen LogP contribution in [0.3, 0.4) is 0 Å². The Kier molecular flexibility index (Phi) is 6.84. The number of sulfone groups is 1. The van der Waals surface area contributed by atoms with Crippen LogP contribution in [0.1, 0.15) is 50.0 Å². The summed E-state index contributed by atoms with van der Waals surface area (Å²) in [5.74, 6) is 1.64. The molecule has 0 radical (unpaired) electrons. The molecule has 0 spiro atoms. The summed E-state index contributed by atoms with van der Waals surface area (Å²) in [6, 6.07) is 17.1. The number of esters is 1. The van der Waals surface area contributed by atoms with Gasteiger partial charge in [0, 0.05) is 18.2 Å². The molecule has 2 aromatic carbocycles. The van der Waals surface area contributed by atoms with E-state index in [0.717, 1.165) is 48.0 Å². The van der Waals surface area contributed by atoms with Crippen LogP contribution in [0.5, 0.6) is 0 Å². The Morgan fingerprint density at radius 3 is 2.19 bits per heavy atom. The van der Waals surface area contributed by atoms with Crippen molar-refractivity contribution in [3.8, 4) is 22.5 Å². The number of nitrogens with zero attached hydrogens (tertiary/aromatic N) is 1. The van der Waals surface area contributed by atoms with Crippen LogP contribution in [0.4, 0.5) is 0 Å². The highest BCUT2D eigenvalue weighted by Crippen LogP contribution is 2.37. The fourth-order valence-electron chi connectivity index (χ4n) is 5.38. The molecule has 1 atom stereocenters. The van der Waals surface area contributed by atoms with Crippen molar-refractivity contribution < 1.29 is 17.9 Å². The second-order valence-electron chi connectivity index (χ2n) is 10.1. The summed E-state index contributed by atoms with van der Waals surface area (Å²) in [4.78, 5) is 19.5. The van der Waals surface area contributed by atoms with Gasteiger partial charge in [0.15, 0.2) is 9.84 Å². The number of imidazole rings is 1. The molecule has 36 heavy (non-hydrogen) atoms. The van der Waals surface area contributed by atoms with E-state index in [2.05, 4.69) is 46.4 Å². The molecular weight excluding hydrogens is 472 g/mol. The predicted molar refractivity (Wildman–Crippen MR) is 142 cm³/mol. The molecule has 1 fully saturated rings. The highest BCUT2D eigenvalue weighted by Gasteiger charge is 2.24. The summed E-state index contributed by atoms with van der Waals surface area (Å²) < 4.78 is 28.6. The highest BCUT2D eigenvalue weighted by molar-refractivity contribution is 7.91. The average molecular weight is 505 g/mol. The second kappa shape index (κ2) is 10.1. The first-order chi connectivity index (χ1) is 17.3. The molecule has 1 aromatic heterocycles. The van der Waals surface area contributed by atoms with Gasteiger partial charge in [-0.2, -0.15) is 0 Å². The molecule has 1 saturated carbocycles. The lowest BCUT2D eigenvalue weighted by Gasteiger charge is -2.28. The standard InChI is InChI=1S/C29H32N2O4S/c1-35-28(32)17-19-3-5-20(6-4-19)21-7-9-22(10-8-21)23-11-13-24(14-12-23)29-30-26-16-15-25(36(2,33)34)18-27(26)31-29/h7-14,16,18-20,25H,3-6,15,17H2,1-2H3,(H,30,31). The number of hydrogen-bond acceptors (Lipinski definition) is 5. The third kappa shape index (κ3) is 5.31. The Bertz CT molecular complexity index is 1460. The SMILES string of the molecule is COC(=O)CC1CCC(c2ccc(-c3ccc(-c4nc5c([nH]4)=CCC(S(C)(=O)=O)C=5)cc3)cc2)CC1. The molecule has 0 aliphatic heterocycles. The third-order valence-corrected chi connectivity index (χ3v) is 9.04. The molecule has 7 heteroatoms. The number of fused-ring (bicyclic) bond motifs is 1. The van der Waals surface area contributed by atoms with Crippen molar-refractivity contribution in [3.63, 3.8) is 0 Å². The molecule has 2 aliphatic carbocycles. The number of carbonyl (C=O) groups is 1. The quantitative estimate of drug-likeness (QED) is 0.514. The lowest BCUT2D eigenvalue weighted by Crippen LogP contribution is -2.33. The molecule has 3 aromatic rings. The van der Waals surface area contributed by atoms with Crippen molar-refractivity contribution in [1.82, 2.24) is 9.97 Å². The van der Waals surface area contributed by atoms with Gasteiger partial charge in [-0.3, -0.25) is 4.79 Å². The minimum Gasteiger partial charge on any atom is -0.469 e. The molecule has 1 unspecified atom stereocenters. The van der Waals surface area contributed by atoms with Crippen LogP contribution in [0.15, 0.2) is 48.5 Å². The summed E-state index contributed by atoms with van der Waals surface area (Å²) in [6.07, 6.45) is 10.3. The molecule has 188 valence electrons. The molecule has 5 rings (SSSR count). The first-order valence-corrected chi connectivity index (χ1v) is 14.5. The maximum Gasteiger partial charge on any atom is 0.305 e.